The van der Waals surface area contributed by atoms with Crippen molar-refractivity contribution in [2.24, 2.45) is 0 Å². The van der Waals surface area contributed by atoms with Crippen LogP contribution in [0, 0.1) is 0 Å². The zero-order valence-corrected chi connectivity index (χ0v) is 16.1. The molecule has 3 heterocycles. The summed E-state index contributed by atoms with van der Waals surface area (Å²) in [7, 11) is 2.11. The summed E-state index contributed by atoms with van der Waals surface area (Å²) in [5, 5.41) is 3.05. The van der Waals surface area contributed by atoms with Crippen molar-refractivity contribution in [3.8, 4) is 5.88 Å². The number of nitrogens with zero attached hydrogens (tertiary/aromatic N) is 3. The fourth-order valence-electron chi connectivity index (χ4n) is 4.34. The van der Waals surface area contributed by atoms with Gasteiger partial charge in [0.15, 0.2) is 0 Å². The average molecular weight is 374 g/mol. The van der Waals surface area contributed by atoms with Gasteiger partial charge < -0.3 is 19.7 Å². The smallest absolute Gasteiger partial charge is 0.317 e. The molecule has 4 rings (SSSR count). The number of likely N-dealkylation sites (N-methyl/N-ethyl adjacent to an activating group) is 1. The van der Waals surface area contributed by atoms with Gasteiger partial charge in [0.05, 0.1) is 18.8 Å². The highest BCUT2D eigenvalue weighted by Gasteiger charge is 2.36. The van der Waals surface area contributed by atoms with Crippen LogP contribution in [0.1, 0.15) is 37.7 Å². The number of carbonyl (C=O) groups excluding carboxylic acids is 1. The molecule has 1 aromatic heterocycles. The van der Waals surface area contributed by atoms with Gasteiger partial charge in [0, 0.05) is 37.9 Å². The minimum Gasteiger partial charge on any atom is -0.474 e. The molecule has 0 radical (unpaired) electrons. The fourth-order valence-corrected chi connectivity index (χ4v) is 4.34. The van der Waals surface area contributed by atoms with Crippen LogP contribution < -0.4 is 10.1 Å². The summed E-state index contributed by atoms with van der Waals surface area (Å²) in [6.45, 7) is 3.60. The van der Waals surface area contributed by atoms with Crippen molar-refractivity contribution in [2.45, 2.75) is 56.9 Å². The summed E-state index contributed by atoms with van der Waals surface area (Å²) in [4.78, 5) is 21.3. The number of urea groups is 1. The van der Waals surface area contributed by atoms with E-state index in [9.17, 15) is 4.79 Å². The minimum absolute atomic E-state index is 0.0249. The monoisotopic (exact) mass is 374 g/mol. The number of fused-ring (bicyclic) bond motifs is 1. The van der Waals surface area contributed by atoms with E-state index in [0.717, 1.165) is 44.5 Å². The summed E-state index contributed by atoms with van der Waals surface area (Å²) in [5.41, 5.74) is 0.936. The molecule has 7 nitrogen and oxygen atoms in total. The second-order valence-corrected chi connectivity index (χ2v) is 7.84. The zero-order chi connectivity index (χ0) is 18.6. The number of hydrogen-bond donors (Lipinski definition) is 1. The SMILES string of the molecule is CN1CCOC2CCN(C(=O)NCc3cccnc3OC3CCCC3)CC21. The van der Waals surface area contributed by atoms with Crippen LogP contribution in [0.2, 0.25) is 0 Å². The maximum absolute atomic E-state index is 12.7. The van der Waals surface area contributed by atoms with Crippen LogP contribution in [-0.2, 0) is 11.3 Å². The molecule has 1 aliphatic carbocycles. The van der Waals surface area contributed by atoms with E-state index in [1.807, 2.05) is 17.0 Å². The number of nitrogens with one attached hydrogen (secondary N) is 1. The number of likely N-dealkylation sites (tertiary alicyclic amines) is 1. The summed E-state index contributed by atoms with van der Waals surface area (Å²) >= 11 is 0. The van der Waals surface area contributed by atoms with Crippen LogP contribution in [0.5, 0.6) is 5.88 Å². The summed E-state index contributed by atoms with van der Waals surface area (Å²) in [5.74, 6) is 0.656. The number of aromatic nitrogens is 1. The number of rotatable bonds is 4. The summed E-state index contributed by atoms with van der Waals surface area (Å²) in [6.07, 6.45) is 7.78. The van der Waals surface area contributed by atoms with Gasteiger partial charge in [0.2, 0.25) is 5.88 Å². The van der Waals surface area contributed by atoms with E-state index in [4.69, 9.17) is 9.47 Å². The topological polar surface area (TPSA) is 66.9 Å². The molecule has 1 saturated carbocycles. The van der Waals surface area contributed by atoms with Gasteiger partial charge in [-0.05, 0) is 45.2 Å². The van der Waals surface area contributed by atoms with Crippen molar-refractivity contribution < 1.29 is 14.3 Å². The predicted octanol–water partition coefficient (Wildman–Crippen LogP) is 2.02. The quantitative estimate of drug-likeness (QED) is 0.873. The largest absolute Gasteiger partial charge is 0.474 e. The zero-order valence-electron chi connectivity index (χ0n) is 16.1. The normalized spacial score (nSPS) is 26.6. The Bertz CT molecular complexity index is 650. The third-order valence-electron chi connectivity index (χ3n) is 6.01. The molecular formula is C20H30N4O3. The van der Waals surface area contributed by atoms with E-state index >= 15 is 0 Å². The maximum atomic E-state index is 12.7. The Hall–Kier alpha value is -1.86. The third kappa shape index (κ3) is 4.35. The van der Waals surface area contributed by atoms with E-state index < -0.39 is 0 Å². The van der Waals surface area contributed by atoms with Crippen LogP contribution in [0.15, 0.2) is 18.3 Å². The maximum Gasteiger partial charge on any atom is 0.317 e. The molecule has 2 aliphatic heterocycles. The molecule has 1 aromatic rings. The molecule has 0 spiro atoms. The highest BCUT2D eigenvalue weighted by molar-refractivity contribution is 5.74. The minimum atomic E-state index is -0.0249. The van der Waals surface area contributed by atoms with E-state index in [1.54, 1.807) is 6.20 Å². The first-order valence-electron chi connectivity index (χ1n) is 10.2. The van der Waals surface area contributed by atoms with Crippen LogP contribution in [0.4, 0.5) is 4.79 Å². The van der Waals surface area contributed by atoms with Crippen LogP contribution in [0.25, 0.3) is 0 Å². The first kappa shape index (κ1) is 18.5. The number of piperidine rings is 1. The number of ether oxygens (including phenoxy) is 2. The highest BCUT2D eigenvalue weighted by atomic mass is 16.5. The van der Waals surface area contributed by atoms with Gasteiger partial charge in [-0.15, -0.1) is 0 Å². The number of morpholine rings is 1. The number of carbonyl (C=O) groups is 1. The number of hydrogen-bond acceptors (Lipinski definition) is 5. The number of amides is 2. The van der Waals surface area contributed by atoms with Crippen molar-refractivity contribution in [3.63, 3.8) is 0 Å². The van der Waals surface area contributed by atoms with Gasteiger partial charge in [-0.3, -0.25) is 4.90 Å². The fraction of sp³-hybridized carbons (Fsp3) is 0.700. The third-order valence-corrected chi connectivity index (χ3v) is 6.01. The molecule has 0 bridgehead atoms. The van der Waals surface area contributed by atoms with Crippen molar-refractivity contribution in [2.75, 3.05) is 33.3 Å². The standard InChI is InChI=1S/C20H30N4O3/c1-23-11-12-26-18-8-10-24(14-17(18)23)20(25)22-13-15-5-4-9-21-19(15)27-16-6-2-3-7-16/h4-5,9,16-18H,2-3,6-8,10-14H2,1H3,(H,22,25). The lowest BCUT2D eigenvalue weighted by atomic mass is 9.99. The Morgan fingerprint density at radius 2 is 2.19 bits per heavy atom. The van der Waals surface area contributed by atoms with Crippen LogP contribution in [0.3, 0.4) is 0 Å². The second kappa shape index (κ2) is 8.44. The van der Waals surface area contributed by atoms with E-state index in [1.165, 1.54) is 12.8 Å². The Morgan fingerprint density at radius 1 is 1.33 bits per heavy atom. The molecule has 148 valence electrons. The van der Waals surface area contributed by atoms with Crippen LogP contribution in [-0.4, -0.2) is 72.4 Å². The summed E-state index contributed by atoms with van der Waals surface area (Å²) < 4.78 is 11.9. The highest BCUT2D eigenvalue weighted by Crippen LogP contribution is 2.25. The Morgan fingerprint density at radius 3 is 3.04 bits per heavy atom. The Balaban J connectivity index is 1.33. The molecule has 3 aliphatic rings. The van der Waals surface area contributed by atoms with Crippen molar-refractivity contribution in [1.29, 1.82) is 0 Å². The van der Waals surface area contributed by atoms with E-state index in [-0.39, 0.29) is 24.3 Å². The van der Waals surface area contributed by atoms with Crippen molar-refractivity contribution >= 4 is 6.03 Å². The van der Waals surface area contributed by atoms with Gasteiger partial charge in [0.1, 0.15) is 6.10 Å². The molecule has 3 fully saturated rings. The lowest BCUT2D eigenvalue weighted by molar-refractivity contribution is -0.0881. The van der Waals surface area contributed by atoms with Crippen LogP contribution >= 0.6 is 0 Å². The first-order chi connectivity index (χ1) is 13.2. The van der Waals surface area contributed by atoms with Crippen molar-refractivity contribution in [3.05, 3.63) is 23.9 Å². The van der Waals surface area contributed by atoms with Gasteiger partial charge >= 0.3 is 6.03 Å². The van der Waals surface area contributed by atoms with Gasteiger partial charge in [-0.2, -0.15) is 0 Å². The lowest BCUT2D eigenvalue weighted by Crippen LogP contribution is -2.60. The molecule has 2 saturated heterocycles. The van der Waals surface area contributed by atoms with E-state index in [0.29, 0.717) is 19.0 Å². The van der Waals surface area contributed by atoms with E-state index in [2.05, 4.69) is 22.2 Å². The molecule has 7 heteroatoms. The molecule has 2 amide bonds. The van der Waals surface area contributed by atoms with Gasteiger partial charge in [0.25, 0.3) is 0 Å². The van der Waals surface area contributed by atoms with Crippen molar-refractivity contribution in [1.82, 2.24) is 20.1 Å². The molecule has 1 N–H and O–H groups in total. The lowest BCUT2D eigenvalue weighted by Gasteiger charge is -2.45. The molecule has 0 aromatic carbocycles. The summed E-state index contributed by atoms with van der Waals surface area (Å²) in [6, 6.07) is 4.14. The Kier molecular flexibility index (Phi) is 5.78. The molecular weight excluding hydrogens is 344 g/mol. The molecule has 27 heavy (non-hydrogen) atoms. The number of pyridine rings is 1. The predicted molar refractivity (Wildman–Crippen MR) is 102 cm³/mol. The Labute approximate surface area is 161 Å². The molecule has 2 unspecified atom stereocenters. The second-order valence-electron chi connectivity index (χ2n) is 7.84. The van der Waals surface area contributed by atoms with Gasteiger partial charge in [-0.1, -0.05) is 6.07 Å². The average Bonchev–Trinajstić information content (AvgIpc) is 3.20. The van der Waals surface area contributed by atoms with Gasteiger partial charge in [-0.25, -0.2) is 9.78 Å². The first-order valence-corrected chi connectivity index (χ1v) is 10.2. The molecule has 2 atom stereocenters.